The molecule has 1 heterocycles. The van der Waals surface area contributed by atoms with Crippen LogP contribution in [-0.4, -0.2) is 65.5 Å². The molecule has 39 heavy (non-hydrogen) atoms. The Kier molecular flexibility index (Phi) is 7.42. The van der Waals surface area contributed by atoms with Gasteiger partial charge in [0.1, 0.15) is 0 Å². The van der Waals surface area contributed by atoms with Crippen LogP contribution < -0.4 is 0 Å². The van der Waals surface area contributed by atoms with E-state index in [-0.39, 0.29) is 0 Å². The Morgan fingerprint density at radius 1 is 0.333 bits per heavy atom. The molecule has 0 saturated carbocycles. The summed E-state index contributed by atoms with van der Waals surface area (Å²) in [5, 5.41) is 0. The van der Waals surface area contributed by atoms with E-state index in [1.165, 1.54) is 0 Å². The summed E-state index contributed by atoms with van der Waals surface area (Å²) in [5.74, 6) is -79.4. The van der Waals surface area contributed by atoms with Crippen LogP contribution in [0.1, 0.15) is 0 Å². The highest BCUT2D eigenvalue weighted by atomic mass is 19.4. The summed E-state index contributed by atoms with van der Waals surface area (Å²) < 4.78 is 320. The molecule has 0 spiro atoms. The molecular weight excluding hydrogens is 644 g/mol. The van der Waals surface area contributed by atoms with Crippen LogP contribution in [0.5, 0.6) is 0 Å². The van der Waals surface area contributed by atoms with Crippen LogP contribution >= 0.6 is 0 Å². The number of hydrogen-bond acceptors (Lipinski definition) is 2. The summed E-state index contributed by atoms with van der Waals surface area (Å²) in [7, 11) is 0. The first-order valence-electron chi connectivity index (χ1n) is 8.10. The van der Waals surface area contributed by atoms with Gasteiger partial charge < -0.3 is 9.47 Å². The molecule has 0 unspecified atom stereocenters. The third-order valence-electron chi connectivity index (χ3n) is 4.53. The fourth-order valence-electron chi connectivity index (χ4n) is 2.37. The summed E-state index contributed by atoms with van der Waals surface area (Å²) in [6.07, 6.45) is -16.2. The first-order chi connectivity index (χ1) is 16.5. The van der Waals surface area contributed by atoms with Crippen LogP contribution in [0.15, 0.2) is 12.0 Å². The number of halogens is 24. The maximum atomic E-state index is 14.3. The van der Waals surface area contributed by atoms with Gasteiger partial charge in [0.15, 0.2) is 0 Å². The molecule has 0 aliphatic carbocycles. The highest BCUT2D eigenvalue weighted by Gasteiger charge is 3.00. The largest absolute Gasteiger partial charge is 0.460 e. The van der Waals surface area contributed by atoms with Crippen LogP contribution in [-0.2, 0) is 9.47 Å². The summed E-state index contributed by atoms with van der Waals surface area (Å²) in [4.78, 5) is 0. The molecule has 0 saturated heterocycles. The summed E-state index contributed by atoms with van der Waals surface area (Å²) in [5.41, 5.74) is 0. The lowest BCUT2D eigenvalue weighted by Gasteiger charge is -2.47. The highest BCUT2D eigenvalue weighted by Crippen LogP contribution is 2.68. The van der Waals surface area contributed by atoms with Gasteiger partial charge in [-0.2, -0.15) is 105 Å². The smallest absolute Gasteiger partial charge is 0.412 e. The molecule has 0 aromatic carbocycles. The lowest BCUT2D eigenvalue weighted by atomic mass is 9.84. The van der Waals surface area contributed by atoms with Crippen molar-refractivity contribution in [1.29, 1.82) is 0 Å². The van der Waals surface area contributed by atoms with Crippen LogP contribution in [0.25, 0.3) is 0 Å². The van der Waals surface area contributed by atoms with Crippen molar-refractivity contribution < 1.29 is 115 Å². The topological polar surface area (TPSA) is 18.5 Å². The van der Waals surface area contributed by atoms with E-state index in [0.29, 0.717) is 0 Å². The zero-order chi connectivity index (χ0) is 32.1. The molecule has 1 aliphatic rings. The Labute approximate surface area is 194 Å². The van der Waals surface area contributed by atoms with Gasteiger partial charge >= 0.3 is 77.5 Å². The SMILES string of the molecule is FC1=C(F)OC(C(F)(F)C(F)(F)C(F)(F)C(F)(F)C(F)(F)F)(C(F)(F)C(F)(F)C(F)(F)C(F)(F)C(F)(F)F)O1. The van der Waals surface area contributed by atoms with E-state index >= 15 is 0 Å². The van der Waals surface area contributed by atoms with Gasteiger partial charge in [0, 0.05) is 0 Å². The lowest BCUT2D eigenvalue weighted by molar-refractivity contribution is -0.504. The number of rotatable bonds is 8. The zero-order valence-electron chi connectivity index (χ0n) is 16.4. The second kappa shape index (κ2) is 8.34. The van der Waals surface area contributed by atoms with Gasteiger partial charge in [0.05, 0.1) is 0 Å². The van der Waals surface area contributed by atoms with Gasteiger partial charge in [-0.3, -0.25) is 0 Å². The van der Waals surface area contributed by atoms with Crippen molar-refractivity contribution in [2.24, 2.45) is 0 Å². The highest BCUT2D eigenvalue weighted by molar-refractivity contribution is 5.22. The average Bonchev–Trinajstić information content (AvgIpc) is 3.01. The fourth-order valence-corrected chi connectivity index (χ4v) is 2.37. The zero-order valence-corrected chi connectivity index (χ0v) is 16.4. The third kappa shape index (κ3) is 3.91. The summed E-state index contributed by atoms with van der Waals surface area (Å²) in [6, 6.07) is -8.39. The Bertz CT molecular complexity index is 903. The average molecular weight is 644 g/mol. The normalized spacial score (nSPS) is 19.3. The molecule has 0 N–H and O–H groups in total. The van der Waals surface area contributed by atoms with Crippen molar-refractivity contribution in [2.45, 2.75) is 65.5 Å². The molecule has 0 radical (unpaired) electrons. The molecule has 2 nitrogen and oxygen atoms in total. The Morgan fingerprint density at radius 2 is 0.538 bits per heavy atom. The molecule has 0 aromatic rings. The molecule has 0 atom stereocenters. The molecule has 0 amide bonds. The van der Waals surface area contributed by atoms with Crippen LogP contribution in [0, 0.1) is 0 Å². The van der Waals surface area contributed by atoms with Crippen molar-refractivity contribution in [1.82, 2.24) is 0 Å². The predicted octanol–water partition coefficient (Wildman–Crippen LogP) is 8.00. The van der Waals surface area contributed by atoms with Gasteiger partial charge in [-0.25, -0.2) is 0 Å². The minimum atomic E-state index is -9.12. The third-order valence-corrected chi connectivity index (χ3v) is 4.53. The van der Waals surface area contributed by atoms with E-state index in [4.69, 9.17) is 0 Å². The minimum absolute atomic E-state index is 1.99. The first kappa shape index (κ1) is 34.7. The van der Waals surface area contributed by atoms with Crippen molar-refractivity contribution in [3.05, 3.63) is 12.0 Å². The fraction of sp³-hybridized carbons (Fsp3) is 0.846. The van der Waals surface area contributed by atoms with E-state index in [1.807, 2.05) is 9.47 Å². The lowest BCUT2D eigenvalue weighted by Crippen LogP contribution is -2.80. The van der Waals surface area contributed by atoms with E-state index in [9.17, 15) is 105 Å². The first-order valence-corrected chi connectivity index (χ1v) is 8.10. The van der Waals surface area contributed by atoms with Crippen LogP contribution in [0.3, 0.4) is 0 Å². The summed E-state index contributed by atoms with van der Waals surface area (Å²) in [6.45, 7) is 0. The molecule has 232 valence electrons. The molecule has 0 fully saturated rings. The number of hydrogen-bond donors (Lipinski definition) is 0. The van der Waals surface area contributed by atoms with Crippen molar-refractivity contribution in [3.8, 4) is 0 Å². The molecule has 0 bridgehead atoms. The maximum Gasteiger partial charge on any atom is 0.460 e. The van der Waals surface area contributed by atoms with Crippen molar-refractivity contribution >= 4 is 0 Å². The molecule has 0 aromatic heterocycles. The van der Waals surface area contributed by atoms with Gasteiger partial charge in [0.2, 0.25) is 0 Å². The van der Waals surface area contributed by atoms with Gasteiger partial charge in [-0.05, 0) is 0 Å². The van der Waals surface area contributed by atoms with Gasteiger partial charge in [-0.15, -0.1) is 0 Å². The van der Waals surface area contributed by atoms with E-state index in [2.05, 4.69) is 0 Å². The molecule has 26 heteroatoms. The number of alkyl halides is 22. The van der Waals surface area contributed by atoms with Crippen LogP contribution in [0.4, 0.5) is 105 Å². The van der Waals surface area contributed by atoms with Crippen LogP contribution in [0.2, 0.25) is 0 Å². The second-order valence-electron chi connectivity index (χ2n) is 6.96. The van der Waals surface area contributed by atoms with Gasteiger partial charge in [0.25, 0.3) is 0 Å². The standard InChI is InChI=1S/C13F24O2/c14-1-2(15)39-11(38-1,7(24,25)3(16,17)5(20,21)9(28,29)12(32,33)34)8(26,27)4(18,19)6(22,23)10(30,31)13(35,36)37. The van der Waals surface area contributed by atoms with Crippen molar-refractivity contribution in [3.63, 3.8) is 0 Å². The van der Waals surface area contributed by atoms with E-state index in [0.717, 1.165) is 0 Å². The minimum Gasteiger partial charge on any atom is -0.412 e. The van der Waals surface area contributed by atoms with Crippen molar-refractivity contribution in [2.75, 3.05) is 0 Å². The van der Waals surface area contributed by atoms with E-state index in [1.54, 1.807) is 0 Å². The summed E-state index contributed by atoms with van der Waals surface area (Å²) >= 11 is 0. The van der Waals surface area contributed by atoms with E-state index < -0.39 is 77.5 Å². The second-order valence-corrected chi connectivity index (χ2v) is 6.96. The molecule has 1 rings (SSSR count). The van der Waals surface area contributed by atoms with Gasteiger partial charge in [-0.1, -0.05) is 0 Å². The Morgan fingerprint density at radius 3 is 0.718 bits per heavy atom. The monoisotopic (exact) mass is 644 g/mol. The maximum absolute atomic E-state index is 14.3. The Hall–Kier alpha value is -2.34. The quantitative estimate of drug-likeness (QED) is 0.250. The Balaban J connectivity index is 4.14. The number of ether oxygens (including phenoxy) is 2. The molecule has 1 aliphatic heterocycles. The molecular formula is C13F24O2. The predicted molar refractivity (Wildman–Crippen MR) is 65.8 cm³/mol.